The van der Waals surface area contributed by atoms with Crippen LogP contribution in [0.5, 0.6) is 0 Å². The Morgan fingerprint density at radius 3 is 2.59 bits per heavy atom. The van der Waals surface area contributed by atoms with Gasteiger partial charge < -0.3 is 19.5 Å². The van der Waals surface area contributed by atoms with E-state index in [0.717, 1.165) is 25.7 Å². The van der Waals surface area contributed by atoms with Crippen molar-refractivity contribution >= 4 is 6.09 Å². The quantitative estimate of drug-likeness (QED) is 0.728. The molecule has 0 saturated carbocycles. The molecule has 0 bridgehead atoms. The average molecular weight is 245 g/mol. The lowest BCUT2D eigenvalue weighted by Crippen LogP contribution is -2.38. The van der Waals surface area contributed by atoms with Gasteiger partial charge in [0.05, 0.1) is 6.61 Å². The van der Waals surface area contributed by atoms with Gasteiger partial charge in [-0.15, -0.1) is 0 Å². The molecule has 1 heterocycles. The lowest BCUT2D eigenvalue weighted by Gasteiger charge is -2.30. The number of carbonyl (C=O) groups is 1. The Hall–Kier alpha value is -0.810. The fraction of sp³-hybridized carbons (Fsp3) is 0.917. The second-order valence-corrected chi connectivity index (χ2v) is 4.50. The molecule has 1 unspecified atom stereocenters. The summed E-state index contributed by atoms with van der Waals surface area (Å²) in [6.45, 7) is 4.01. The molecule has 1 fully saturated rings. The zero-order valence-electron chi connectivity index (χ0n) is 10.7. The molecule has 1 aliphatic rings. The number of carboxylic acid groups (broad SMARTS) is 1. The van der Waals surface area contributed by atoms with Crippen LogP contribution in [-0.4, -0.2) is 49.2 Å². The Bertz CT molecular complexity index is 227. The van der Waals surface area contributed by atoms with Crippen LogP contribution in [0.2, 0.25) is 0 Å². The molecule has 0 aromatic heterocycles. The second kappa shape index (κ2) is 7.50. The minimum Gasteiger partial charge on any atom is -0.465 e. The van der Waals surface area contributed by atoms with E-state index in [9.17, 15) is 4.79 Å². The third-order valence-corrected chi connectivity index (χ3v) is 3.19. The van der Waals surface area contributed by atoms with E-state index in [1.807, 2.05) is 0 Å². The van der Waals surface area contributed by atoms with Crippen LogP contribution in [0.3, 0.4) is 0 Å². The molecule has 1 saturated heterocycles. The topological polar surface area (TPSA) is 59.0 Å². The minimum absolute atomic E-state index is 0.113. The SMILES string of the molecule is CCCC(OC)OCC1CCN(C(=O)O)CC1. The van der Waals surface area contributed by atoms with Crippen molar-refractivity contribution in [3.8, 4) is 0 Å². The van der Waals surface area contributed by atoms with Gasteiger partial charge in [0.15, 0.2) is 6.29 Å². The van der Waals surface area contributed by atoms with Gasteiger partial charge in [-0.3, -0.25) is 0 Å². The van der Waals surface area contributed by atoms with Gasteiger partial charge in [-0.2, -0.15) is 0 Å². The summed E-state index contributed by atoms with van der Waals surface area (Å²) in [5.41, 5.74) is 0. The summed E-state index contributed by atoms with van der Waals surface area (Å²) in [5.74, 6) is 0.458. The largest absolute Gasteiger partial charge is 0.465 e. The molecule has 100 valence electrons. The van der Waals surface area contributed by atoms with Crippen molar-refractivity contribution in [1.82, 2.24) is 4.90 Å². The first-order valence-electron chi connectivity index (χ1n) is 6.29. The molecule has 0 aromatic carbocycles. The van der Waals surface area contributed by atoms with E-state index < -0.39 is 6.09 Å². The molecule has 0 spiro atoms. The van der Waals surface area contributed by atoms with Crippen LogP contribution < -0.4 is 0 Å². The highest BCUT2D eigenvalue weighted by molar-refractivity contribution is 5.64. The number of hydrogen-bond acceptors (Lipinski definition) is 3. The summed E-state index contributed by atoms with van der Waals surface area (Å²) in [7, 11) is 1.66. The summed E-state index contributed by atoms with van der Waals surface area (Å²) in [5, 5.41) is 8.83. The highest BCUT2D eigenvalue weighted by Gasteiger charge is 2.23. The maximum absolute atomic E-state index is 10.7. The molecule has 17 heavy (non-hydrogen) atoms. The van der Waals surface area contributed by atoms with E-state index in [2.05, 4.69) is 6.92 Å². The van der Waals surface area contributed by atoms with Crippen molar-refractivity contribution in [2.45, 2.75) is 38.9 Å². The van der Waals surface area contributed by atoms with Crippen molar-refractivity contribution in [3.63, 3.8) is 0 Å². The Balaban J connectivity index is 2.19. The third kappa shape index (κ3) is 4.91. The van der Waals surface area contributed by atoms with Crippen molar-refractivity contribution < 1.29 is 19.4 Å². The molecule has 5 nitrogen and oxygen atoms in total. The first-order chi connectivity index (χ1) is 8.17. The first-order valence-corrected chi connectivity index (χ1v) is 6.29. The number of hydrogen-bond donors (Lipinski definition) is 1. The van der Waals surface area contributed by atoms with Crippen molar-refractivity contribution in [2.75, 3.05) is 26.8 Å². The van der Waals surface area contributed by atoms with E-state index in [0.29, 0.717) is 25.6 Å². The van der Waals surface area contributed by atoms with E-state index in [-0.39, 0.29) is 6.29 Å². The standard InChI is InChI=1S/C12H23NO4/c1-3-4-11(16-2)17-9-10-5-7-13(8-6-10)12(14)15/h10-11H,3-9H2,1-2H3,(H,14,15). The van der Waals surface area contributed by atoms with Gasteiger partial charge in [0.1, 0.15) is 0 Å². The van der Waals surface area contributed by atoms with Crippen LogP contribution in [0.1, 0.15) is 32.6 Å². The molecule has 1 N–H and O–H groups in total. The minimum atomic E-state index is -0.815. The van der Waals surface area contributed by atoms with Gasteiger partial charge >= 0.3 is 6.09 Å². The number of nitrogens with zero attached hydrogens (tertiary/aromatic N) is 1. The number of piperidine rings is 1. The summed E-state index contributed by atoms with van der Waals surface area (Å²) in [6, 6.07) is 0. The van der Waals surface area contributed by atoms with E-state index in [1.54, 1.807) is 7.11 Å². The van der Waals surface area contributed by atoms with Crippen LogP contribution >= 0.6 is 0 Å². The highest BCUT2D eigenvalue weighted by Crippen LogP contribution is 2.18. The molecule has 1 rings (SSSR count). The summed E-state index contributed by atoms with van der Waals surface area (Å²) in [6.07, 6.45) is 2.78. The van der Waals surface area contributed by atoms with Gasteiger partial charge in [-0.05, 0) is 25.2 Å². The molecular formula is C12H23NO4. The van der Waals surface area contributed by atoms with Crippen LogP contribution in [0, 0.1) is 5.92 Å². The van der Waals surface area contributed by atoms with Gasteiger partial charge in [-0.25, -0.2) is 4.79 Å². The molecule has 0 radical (unpaired) electrons. The summed E-state index contributed by atoms with van der Waals surface area (Å²) >= 11 is 0. The number of ether oxygens (including phenoxy) is 2. The van der Waals surface area contributed by atoms with Crippen LogP contribution in [0.4, 0.5) is 4.79 Å². The average Bonchev–Trinajstić information content (AvgIpc) is 2.35. The van der Waals surface area contributed by atoms with E-state index >= 15 is 0 Å². The lowest BCUT2D eigenvalue weighted by atomic mass is 9.98. The Morgan fingerprint density at radius 1 is 1.47 bits per heavy atom. The number of amides is 1. The lowest BCUT2D eigenvalue weighted by molar-refractivity contribution is -0.138. The van der Waals surface area contributed by atoms with Gasteiger partial charge in [-0.1, -0.05) is 13.3 Å². The van der Waals surface area contributed by atoms with Crippen LogP contribution in [0.25, 0.3) is 0 Å². The maximum atomic E-state index is 10.7. The van der Waals surface area contributed by atoms with E-state index in [1.165, 1.54) is 4.90 Å². The normalized spacial score (nSPS) is 19.3. The second-order valence-electron chi connectivity index (χ2n) is 4.50. The van der Waals surface area contributed by atoms with Gasteiger partial charge in [0.2, 0.25) is 0 Å². The molecule has 1 amide bonds. The van der Waals surface area contributed by atoms with Crippen LogP contribution in [-0.2, 0) is 9.47 Å². The zero-order valence-corrected chi connectivity index (χ0v) is 10.7. The third-order valence-electron chi connectivity index (χ3n) is 3.19. The predicted molar refractivity (Wildman–Crippen MR) is 64.0 cm³/mol. The predicted octanol–water partition coefficient (Wildman–Crippen LogP) is 2.17. The van der Waals surface area contributed by atoms with Crippen molar-refractivity contribution in [3.05, 3.63) is 0 Å². The highest BCUT2D eigenvalue weighted by atomic mass is 16.7. The first kappa shape index (κ1) is 14.3. The Labute approximate surface area is 103 Å². The number of rotatable bonds is 6. The monoisotopic (exact) mass is 245 g/mol. The van der Waals surface area contributed by atoms with Crippen LogP contribution in [0.15, 0.2) is 0 Å². The Kier molecular flexibility index (Phi) is 6.29. The van der Waals surface area contributed by atoms with Gasteiger partial charge in [0.25, 0.3) is 0 Å². The summed E-state index contributed by atoms with van der Waals surface area (Å²) < 4.78 is 10.9. The molecular weight excluding hydrogens is 222 g/mol. The molecule has 0 aliphatic carbocycles. The molecule has 5 heteroatoms. The number of methoxy groups -OCH3 is 1. The molecule has 1 atom stereocenters. The van der Waals surface area contributed by atoms with E-state index in [4.69, 9.17) is 14.6 Å². The van der Waals surface area contributed by atoms with Crippen molar-refractivity contribution in [1.29, 1.82) is 0 Å². The molecule has 0 aromatic rings. The van der Waals surface area contributed by atoms with Gasteiger partial charge in [0, 0.05) is 20.2 Å². The fourth-order valence-corrected chi connectivity index (χ4v) is 2.04. The van der Waals surface area contributed by atoms with Crippen molar-refractivity contribution in [2.24, 2.45) is 5.92 Å². The zero-order chi connectivity index (χ0) is 12.7. The summed E-state index contributed by atoms with van der Waals surface area (Å²) in [4.78, 5) is 12.2. The molecule has 1 aliphatic heterocycles. The smallest absolute Gasteiger partial charge is 0.407 e. The fourth-order valence-electron chi connectivity index (χ4n) is 2.04. The number of likely N-dealkylation sites (tertiary alicyclic amines) is 1. The Morgan fingerprint density at radius 2 is 2.12 bits per heavy atom. The maximum Gasteiger partial charge on any atom is 0.407 e.